The molecule has 2 aliphatic rings. The highest BCUT2D eigenvalue weighted by molar-refractivity contribution is 5.89. The van der Waals surface area contributed by atoms with Gasteiger partial charge in [0.25, 0.3) is 0 Å². The van der Waals surface area contributed by atoms with Gasteiger partial charge in [-0.25, -0.2) is 0 Å². The summed E-state index contributed by atoms with van der Waals surface area (Å²) in [7, 11) is 5.44. The second-order valence-electron chi connectivity index (χ2n) is 7.04. The summed E-state index contributed by atoms with van der Waals surface area (Å²) in [6.07, 6.45) is 1.06. The van der Waals surface area contributed by atoms with E-state index in [1.807, 2.05) is 23.9 Å². The van der Waals surface area contributed by atoms with Crippen LogP contribution in [0, 0.1) is 5.92 Å². The maximum Gasteiger partial charge on any atom is 0.248 e. The molecule has 0 bridgehead atoms. The van der Waals surface area contributed by atoms with Gasteiger partial charge in [-0.05, 0) is 20.5 Å². The van der Waals surface area contributed by atoms with Crippen molar-refractivity contribution in [1.82, 2.24) is 19.6 Å². The van der Waals surface area contributed by atoms with E-state index < -0.39 is 0 Å². The standard InChI is InChI=1S/C17H30N4O4/c1-18(2)7-8-21-12-14(11-15(21)22)17(24)20-6-4-5-19(9-10-20)16(23)13-25-3/h14H,4-13H2,1-3H3/t14-/m0/s1. The molecule has 3 amide bonds. The molecule has 0 saturated carbocycles. The third kappa shape index (κ3) is 5.40. The second kappa shape index (κ2) is 9.15. The molecule has 142 valence electrons. The Bertz CT molecular complexity index is 497. The van der Waals surface area contributed by atoms with Gasteiger partial charge in [-0.3, -0.25) is 14.4 Å². The van der Waals surface area contributed by atoms with E-state index in [9.17, 15) is 14.4 Å². The van der Waals surface area contributed by atoms with Crippen LogP contribution in [0.4, 0.5) is 0 Å². The Kier molecular flexibility index (Phi) is 7.19. The molecule has 8 nitrogen and oxygen atoms in total. The summed E-state index contributed by atoms with van der Waals surface area (Å²) >= 11 is 0. The van der Waals surface area contributed by atoms with Gasteiger partial charge >= 0.3 is 0 Å². The number of hydrogen-bond donors (Lipinski definition) is 0. The van der Waals surface area contributed by atoms with Gasteiger partial charge in [-0.2, -0.15) is 0 Å². The van der Waals surface area contributed by atoms with Crippen molar-refractivity contribution in [3.63, 3.8) is 0 Å². The highest BCUT2D eigenvalue weighted by Gasteiger charge is 2.36. The lowest BCUT2D eigenvalue weighted by molar-refractivity contribution is -0.137. The minimum absolute atomic E-state index is 0.0392. The third-order valence-corrected chi connectivity index (χ3v) is 4.81. The summed E-state index contributed by atoms with van der Waals surface area (Å²) in [4.78, 5) is 44.2. The van der Waals surface area contributed by atoms with Gasteiger partial charge in [-0.15, -0.1) is 0 Å². The van der Waals surface area contributed by atoms with Crippen molar-refractivity contribution in [2.75, 3.05) is 73.6 Å². The van der Waals surface area contributed by atoms with Crippen LogP contribution in [0.2, 0.25) is 0 Å². The summed E-state index contributed by atoms with van der Waals surface area (Å²) in [5.74, 6) is -0.188. The summed E-state index contributed by atoms with van der Waals surface area (Å²) in [6, 6.07) is 0. The lowest BCUT2D eigenvalue weighted by Crippen LogP contribution is -2.41. The van der Waals surface area contributed by atoms with Gasteiger partial charge in [0.05, 0.1) is 5.92 Å². The molecule has 0 N–H and O–H groups in total. The number of likely N-dealkylation sites (N-methyl/N-ethyl adjacent to an activating group) is 1. The number of likely N-dealkylation sites (tertiary alicyclic amines) is 1. The number of carbonyl (C=O) groups excluding carboxylic acids is 3. The number of hydrogen-bond acceptors (Lipinski definition) is 5. The van der Waals surface area contributed by atoms with E-state index in [0.29, 0.717) is 45.7 Å². The zero-order valence-electron chi connectivity index (χ0n) is 15.6. The molecule has 0 aromatic heterocycles. The average Bonchev–Trinajstić information content (AvgIpc) is 2.78. The second-order valence-corrected chi connectivity index (χ2v) is 7.04. The van der Waals surface area contributed by atoms with Gasteiger partial charge in [0, 0.05) is 59.3 Å². The van der Waals surface area contributed by atoms with Crippen molar-refractivity contribution in [2.45, 2.75) is 12.8 Å². The Balaban J connectivity index is 1.86. The van der Waals surface area contributed by atoms with Gasteiger partial charge in [0.2, 0.25) is 17.7 Å². The van der Waals surface area contributed by atoms with Crippen LogP contribution in [0.5, 0.6) is 0 Å². The van der Waals surface area contributed by atoms with Crippen LogP contribution in [0.25, 0.3) is 0 Å². The van der Waals surface area contributed by atoms with Crippen molar-refractivity contribution in [3.8, 4) is 0 Å². The minimum atomic E-state index is -0.254. The van der Waals surface area contributed by atoms with E-state index in [4.69, 9.17) is 4.74 Å². The molecule has 2 rings (SSSR count). The van der Waals surface area contributed by atoms with Crippen molar-refractivity contribution in [1.29, 1.82) is 0 Å². The summed E-state index contributed by atoms with van der Waals surface area (Å²) in [6.45, 7) is 4.38. The van der Waals surface area contributed by atoms with E-state index in [2.05, 4.69) is 0 Å². The zero-order valence-corrected chi connectivity index (χ0v) is 15.6. The first-order valence-corrected chi connectivity index (χ1v) is 8.90. The molecule has 2 heterocycles. The first kappa shape index (κ1) is 19.7. The highest BCUT2D eigenvalue weighted by Crippen LogP contribution is 2.21. The maximum absolute atomic E-state index is 12.8. The zero-order chi connectivity index (χ0) is 18.4. The number of methoxy groups -OCH3 is 1. The molecule has 2 fully saturated rings. The van der Waals surface area contributed by atoms with Gasteiger partial charge < -0.3 is 24.3 Å². The van der Waals surface area contributed by atoms with Crippen LogP contribution >= 0.6 is 0 Å². The molecule has 2 aliphatic heterocycles. The summed E-state index contributed by atoms with van der Waals surface area (Å²) < 4.78 is 4.90. The number of carbonyl (C=O) groups is 3. The van der Waals surface area contributed by atoms with E-state index >= 15 is 0 Å². The van der Waals surface area contributed by atoms with Crippen LogP contribution < -0.4 is 0 Å². The van der Waals surface area contributed by atoms with Crippen molar-refractivity contribution in [2.24, 2.45) is 5.92 Å². The first-order valence-electron chi connectivity index (χ1n) is 8.90. The predicted octanol–water partition coefficient (Wildman–Crippen LogP) is -0.896. The first-order chi connectivity index (χ1) is 11.9. The smallest absolute Gasteiger partial charge is 0.248 e. The van der Waals surface area contributed by atoms with Crippen molar-refractivity contribution < 1.29 is 19.1 Å². The fourth-order valence-corrected chi connectivity index (χ4v) is 3.33. The van der Waals surface area contributed by atoms with Gasteiger partial charge in [0.15, 0.2) is 0 Å². The van der Waals surface area contributed by atoms with Crippen LogP contribution in [0.15, 0.2) is 0 Å². The normalized spacial score (nSPS) is 21.8. The Labute approximate surface area is 149 Å². The number of amides is 3. The lowest BCUT2D eigenvalue weighted by Gasteiger charge is -2.25. The van der Waals surface area contributed by atoms with Crippen LogP contribution in [-0.2, 0) is 19.1 Å². The molecule has 1 atom stereocenters. The Hall–Kier alpha value is -1.67. The molecule has 0 aromatic rings. The van der Waals surface area contributed by atoms with Crippen molar-refractivity contribution in [3.05, 3.63) is 0 Å². The monoisotopic (exact) mass is 354 g/mol. The largest absolute Gasteiger partial charge is 0.375 e. The van der Waals surface area contributed by atoms with Crippen LogP contribution in [0.1, 0.15) is 12.8 Å². The molecule has 0 unspecified atom stereocenters. The van der Waals surface area contributed by atoms with E-state index in [1.165, 1.54) is 7.11 Å². The SMILES string of the molecule is COCC(=O)N1CCCN(C(=O)[C@H]2CC(=O)N(CCN(C)C)C2)CC1. The molecule has 0 radical (unpaired) electrons. The van der Waals surface area contributed by atoms with Crippen molar-refractivity contribution >= 4 is 17.7 Å². The maximum atomic E-state index is 12.8. The van der Waals surface area contributed by atoms with E-state index in [0.717, 1.165) is 13.0 Å². The Morgan fingerprint density at radius 3 is 2.52 bits per heavy atom. The fraction of sp³-hybridized carbons (Fsp3) is 0.824. The number of nitrogens with zero attached hydrogens (tertiary/aromatic N) is 4. The van der Waals surface area contributed by atoms with E-state index in [-0.39, 0.29) is 30.2 Å². The summed E-state index contributed by atoms with van der Waals surface area (Å²) in [5.41, 5.74) is 0. The minimum Gasteiger partial charge on any atom is -0.375 e. The Morgan fingerprint density at radius 2 is 1.84 bits per heavy atom. The topological polar surface area (TPSA) is 73.4 Å². The fourth-order valence-electron chi connectivity index (χ4n) is 3.33. The van der Waals surface area contributed by atoms with Gasteiger partial charge in [-0.1, -0.05) is 0 Å². The lowest BCUT2D eigenvalue weighted by atomic mass is 10.1. The molecule has 0 aromatic carbocycles. The molecular weight excluding hydrogens is 324 g/mol. The summed E-state index contributed by atoms with van der Waals surface area (Å²) in [5, 5.41) is 0. The molecule has 2 saturated heterocycles. The molecular formula is C17H30N4O4. The average molecular weight is 354 g/mol. The molecule has 0 aliphatic carbocycles. The molecule has 0 spiro atoms. The predicted molar refractivity (Wildman–Crippen MR) is 92.9 cm³/mol. The Morgan fingerprint density at radius 1 is 1.16 bits per heavy atom. The molecule has 8 heteroatoms. The number of ether oxygens (including phenoxy) is 1. The number of rotatable bonds is 6. The quantitative estimate of drug-likeness (QED) is 0.618. The van der Waals surface area contributed by atoms with E-state index in [1.54, 1.807) is 9.80 Å². The highest BCUT2D eigenvalue weighted by atomic mass is 16.5. The third-order valence-electron chi connectivity index (χ3n) is 4.81. The van der Waals surface area contributed by atoms with Crippen LogP contribution in [0.3, 0.4) is 0 Å². The van der Waals surface area contributed by atoms with Crippen LogP contribution in [-0.4, -0.2) is 111 Å². The van der Waals surface area contributed by atoms with Gasteiger partial charge in [0.1, 0.15) is 6.61 Å². The molecule has 25 heavy (non-hydrogen) atoms.